The maximum absolute atomic E-state index is 14.0. The van der Waals surface area contributed by atoms with E-state index in [4.69, 9.17) is 19.2 Å². The molecule has 182 valence electrons. The van der Waals surface area contributed by atoms with Crippen molar-refractivity contribution in [3.63, 3.8) is 0 Å². The molecule has 0 aliphatic heterocycles. The maximum atomic E-state index is 14.0. The van der Waals surface area contributed by atoms with Crippen LogP contribution in [0.15, 0.2) is 66.7 Å². The van der Waals surface area contributed by atoms with E-state index in [0.29, 0.717) is 45.8 Å². The maximum Gasteiger partial charge on any atom is 0.263 e. The molecule has 0 spiro atoms. The van der Waals surface area contributed by atoms with Gasteiger partial charge in [-0.15, -0.1) is 0 Å². The molecule has 7 nitrogen and oxygen atoms in total. The molecule has 1 heterocycles. The van der Waals surface area contributed by atoms with Crippen LogP contribution in [-0.4, -0.2) is 57.2 Å². The Bertz CT molecular complexity index is 1250. The smallest absolute Gasteiger partial charge is 0.263 e. The van der Waals surface area contributed by atoms with E-state index >= 15 is 0 Å². The number of carbonyl (C=O) groups excluding carboxylic acids is 1. The number of rotatable bonds is 10. The summed E-state index contributed by atoms with van der Waals surface area (Å²) in [7, 11) is 7.26. The SMILES string of the molecule is COc1ccc(OC)c2sc(N(CCCN(C)C)C(=O)c3ccccc3Oc3ccccc3)nc12. The van der Waals surface area contributed by atoms with Crippen LogP contribution in [0.25, 0.3) is 10.2 Å². The molecule has 0 saturated heterocycles. The lowest BCUT2D eigenvalue weighted by molar-refractivity contribution is 0.0984. The summed E-state index contributed by atoms with van der Waals surface area (Å²) in [6.07, 6.45) is 0.782. The van der Waals surface area contributed by atoms with E-state index in [2.05, 4.69) is 4.90 Å². The van der Waals surface area contributed by atoms with Crippen molar-refractivity contribution in [1.29, 1.82) is 0 Å². The molecule has 0 N–H and O–H groups in total. The van der Waals surface area contributed by atoms with E-state index in [9.17, 15) is 4.79 Å². The molecule has 0 saturated carbocycles. The second-order valence-corrected chi connectivity index (χ2v) is 9.15. The fourth-order valence-electron chi connectivity index (χ4n) is 3.71. The average molecular weight is 492 g/mol. The van der Waals surface area contributed by atoms with Crippen LogP contribution < -0.4 is 19.1 Å². The Morgan fingerprint density at radius 3 is 2.26 bits per heavy atom. The number of aromatic nitrogens is 1. The van der Waals surface area contributed by atoms with Gasteiger partial charge in [0.1, 0.15) is 33.2 Å². The van der Waals surface area contributed by atoms with E-state index in [0.717, 1.165) is 17.7 Å². The highest BCUT2D eigenvalue weighted by Gasteiger charge is 2.25. The van der Waals surface area contributed by atoms with Gasteiger partial charge in [-0.3, -0.25) is 9.69 Å². The number of benzene rings is 3. The average Bonchev–Trinajstić information content (AvgIpc) is 3.31. The molecule has 35 heavy (non-hydrogen) atoms. The highest BCUT2D eigenvalue weighted by atomic mass is 32.1. The van der Waals surface area contributed by atoms with Gasteiger partial charge < -0.3 is 19.1 Å². The third-order valence-electron chi connectivity index (χ3n) is 5.45. The molecule has 0 fully saturated rings. The van der Waals surface area contributed by atoms with Crippen LogP contribution >= 0.6 is 11.3 Å². The zero-order chi connectivity index (χ0) is 24.8. The first-order chi connectivity index (χ1) is 17.0. The van der Waals surface area contributed by atoms with Crippen LogP contribution in [0, 0.1) is 0 Å². The van der Waals surface area contributed by atoms with Crippen LogP contribution in [0.1, 0.15) is 16.8 Å². The predicted octanol–water partition coefficient (Wildman–Crippen LogP) is 5.70. The Kier molecular flexibility index (Phi) is 7.84. The number of hydrogen-bond donors (Lipinski definition) is 0. The Balaban J connectivity index is 1.75. The summed E-state index contributed by atoms with van der Waals surface area (Å²) in [5.41, 5.74) is 1.14. The topological polar surface area (TPSA) is 64.1 Å². The molecule has 0 atom stereocenters. The first-order valence-corrected chi connectivity index (χ1v) is 12.1. The van der Waals surface area contributed by atoms with Gasteiger partial charge in [0, 0.05) is 6.54 Å². The van der Waals surface area contributed by atoms with E-state index < -0.39 is 0 Å². The van der Waals surface area contributed by atoms with Crippen molar-refractivity contribution in [2.45, 2.75) is 6.42 Å². The number of methoxy groups -OCH3 is 2. The first kappa shape index (κ1) is 24.5. The Morgan fingerprint density at radius 1 is 0.857 bits per heavy atom. The minimum absolute atomic E-state index is 0.174. The van der Waals surface area contributed by atoms with E-state index in [1.54, 1.807) is 25.2 Å². The second-order valence-electron chi connectivity index (χ2n) is 8.17. The van der Waals surface area contributed by atoms with Crippen LogP contribution in [-0.2, 0) is 0 Å². The summed E-state index contributed by atoms with van der Waals surface area (Å²) in [6.45, 7) is 1.34. The van der Waals surface area contributed by atoms with Gasteiger partial charge in [-0.05, 0) is 63.5 Å². The Morgan fingerprint density at radius 2 is 1.54 bits per heavy atom. The third kappa shape index (κ3) is 5.55. The number of thiazole rings is 1. The number of fused-ring (bicyclic) bond motifs is 1. The lowest BCUT2D eigenvalue weighted by atomic mass is 10.1. The molecule has 4 rings (SSSR count). The molecule has 8 heteroatoms. The molecule has 4 aromatic rings. The zero-order valence-corrected chi connectivity index (χ0v) is 21.2. The van der Waals surface area contributed by atoms with E-state index in [-0.39, 0.29) is 5.91 Å². The number of carbonyl (C=O) groups is 1. The normalized spacial score (nSPS) is 11.0. The van der Waals surface area contributed by atoms with Crippen LogP contribution in [0.3, 0.4) is 0 Å². The molecule has 0 unspecified atom stereocenters. The van der Waals surface area contributed by atoms with Crippen molar-refractivity contribution >= 4 is 32.6 Å². The van der Waals surface area contributed by atoms with Crippen molar-refractivity contribution < 1.29 is 19.0 Å². The monoisotopic (exact) mass is 491 g/mol. The number of nitrogens with zero attached hydrogens (tertiary/aromatic N) is 3. The second kappa shape index (κ2) is 11.2. The van der Waals surface area contributed by atoms with Gasteiger partial charge in [0.2, 0.25) is 0 Å². The molecule has 3 aromatic carbocycles. The summed E-state index contributed by atoms with van der Waals surface area (Å²) >= 11 is 1.41. The van der Waals surface area contributed by atoms with Gasteiger partial charge in [0.05, 0.1) is 19.8 Å². The highest BCUT2D eigenvalue weighted by molar-refractivity contribution is 7.22. The molecule has 0 bridgehead atoms. The lowest BCUT2D eigenvalue weighted by Gasteiger charge is -2.22. The fraction of sp³-hybridized carbons (Fsp3) is 0.259. The Labute approximate surface area is 209 Å². The van der Waals surface area contributed by atoms with Gasteiger partial charge in [-0.1, -0.05) is 41.7 Å². The molecule has 1 aromatic heterocycles. The van der Waals surface area contributed by atoms with E-state index in [1.165, 1.54) is 11.3 Å². The zero-order valence-electron chi connectivity index (χ0n) is 20.4. The number of hydrogen-bond acceptors (Lipinski definition) is 7. The number of anilines is 1. The quantitative estimate of drug-likeness (QED) is 0.283. The van der Waals surface area contributed by atoms with Gasteiger partial charge in [-0.25, -0.2) is 4.98 Å². The predicted molar refractivity (Wildman–Crippen MR) is 141 cm³/mol. The van der Waals surface area contributed by atoms with Crippen molar-refractivity contribution in [3.8, 4) is 23.0 Å². The lowest BCUT2D eigenvalue weighted by Crippen LogP contribution is -2.33. The van der Waals surface area contributed by atoms with Crippen molar-refractivity contribution in [3.05, 3.63) is 72.3 Å². The minimum Gasteiger partial charge on any atom is -0.495 e. The number of amides is 1. The van der Waals surface area contributed by atoms with E-state index in [1.807, 2.05) is 74.8 Å². The van der Waals surface area contributed by atoms with Crippen LogP contribution in [0.2, 0.25) is 0 Å². The molecule has 1 amide bonds. The van der Waals surface area contributed by atoms with Crippen molar-refractivity contribution in [2.24, 2.45) is 0 Å². The summed E-state index contributed by atoms with van der Waals surface area (Å²) in [6, 6.07) is 20.4. The molecule has 0 aliphatic carbocycles. The first-order valence-electron chi connectivity index (χ1n) is 11.3. The van der Waals surface area contributed by atoms with Crippen LogP contribution in [0.4, 0.5) is 5.13 Å². The summed E-state index contributed by atoms with van der Waals surface area (Å²) < 4.78 is 18.0. The summed E-state index contributed by atoms with van der Waals surface area (Å²) in [5.74, 6) is 2.32. The van der Waals surface area contributed by atoms with Gasteiger partial charge >= 0.3 is 0 Å². The molecule has 0 radical (unpaired) electrons. The molecular weight excluding hydrogens is 462 g/mol. The largest absolute Gasteiger partial charge is 0.495 e. The van der Waals surface area contributed by atoms with Gasteiger partial charge in [0.25, 0.3) is 5.91 Å². The summed E-state index contributed by atoms with van der Waals surface area (Å²) in [4.78, 5) is 22.6. The molecule has 0 aliphatic rings. The van der Waals surface area contributed by atoms with Crippen LogP contribution in [0.5, 0.6) is 23.0 Å². The Hall–Kier alpha value is -3.62. The highest BCUT2D eigenvalue weighted by Crippen LogP contribution is 2.41. The summed E-state index contributed by atoms with van der Waals surface area (Å²) in [5, 5.41) is 0.584. The van der Waals surface area contributed by atoms with Crippen molar-refractivity contribution in [1.82, 2.24) is 9.88 Å². The van der Waals surface area contributed by atoms with Gasteiger partial charge in [-0.2, -0.15) is 0 Å². The molecular formula is C27H29N3O4S. The number of ether oxygens (including phenoxy) is 3. The standard InChI is InChI=1S/C27H29N3O4S/c1-29(2)17-10-18-30(27-28-24-22(32-3)15-16-23(33-4)25(24)35-27)26(31)20-13-8-9-14-21(20)34-19-11-6-5-7-12-19/h5-9,11-16H,10,17-18H2,1-4H3. The minimum atomic E-state index is -0.174. The number of para-hydroxylation sites is 2. The van der Waals surface area contributed by atoms with Gasteiger partial charge in [0.15, 0.2) is 5.13 Å². The third-order valence-corrected chi connectivity index (χ3v) is 6.54. The fourth-order valence-corrected chi connectivity index (χ4v) is 4.81. The van der Waals surface area contributed by atoms with Crippen molar-refractivity contribution in [2.75, 3.05) is 46.3 Å².